The number of thiophene rings is 1. The normalized spacial score (nSPS) is 11.0. The maximum atomic E-state index is 12.6. The largest absolute Gasteiger partial charge is 0.465 e. The van der Waals surface area contributed by atoms with Gasteiger partial charge in [-0.2, -0.15) is 0 Å². The molecule has 1 aromatic carbocycles. The van der Waals surface area contributed by atoms with Gasteiger partial charge in [0.1, 0.15) is 9.77 Å². The van der Waals surface area contributed by atoms with Crippen LogP contribution in [0.5, 0.6) is 0 Å². The van der Waals surface area contributed by atoms with E-state index in [1.807, 2.05) is 0 Å². The molecule has 0 bridgehead atoms. The summed E-state index contributed by atoms with van der Waals surface area (Å²) in [5, 5.41) is 1.55. The maximum absolute atomic E-state index is 12.6. The number of ether oxygens (including phenoxy) is 2. The second-order valence-electron chi connectivity index (χ2n) is 4.39. The molecule has 7 nitrogen and oxygen atoms in total. The maximum Gasteiger partial charge on any atom is 0.350 e. The second kappa shape index (κ2) is 7.32. The highest BCUT2D eigenvalue weighted by Gasteiger charge is 2.26. The zero-order chi connectivity index (χ0) is 17.9. The van der Waals surface area contributed by atoms with Gasteiger partial charge in [-0.25, -0.2) is 18.0 Å². The van der Waals surface area contributed by atoms with Crippen molar-refractivity contribution in [2.45, 2.75) is 4.90 Å². The van der Waals surface area contributed by atoms with Crippen LogP contribution in [0.3, 0.4) is 0 Å². The van der Waals surface area contributed by atoms with Crippen LogP contribution in [0, 0.1) is 0 Å². The Morgan fingerprint density at radius 3 is 2.42 bits per heavy atom. The van der Waals surface area contributed by atoms with Gasteiger partial charge in [-0.1, -0.05) is 15.9 Å². The third kappa shape index (κ3) is 3.77. The van der Waals surface area contributed by atoms with E-state index in [-0.39, 0.29) is 21.0 Å². The molecule has 2 aromatic rings. The van der Waals surface area contributed by atoms with Crippen LogP contribution in [0.15, 0.2) is 39.0 Å². The fourth-order valence-corrected chi connectivity index (χ4v) is 4.29. The van der Waals surface area contributed by atoms with Gasteiger partial charge in [0.05, 0.1) is 25.5 Å². The summed E-state index contributed by atoms with van der Waals surface area (Å²) in [7, 11) is -1.77. The number of anilines is 1. The molecule has 0 aliphatic carbocycles. The minimum atomic E-state index is -4.12. The Morgan fingerprint density at radius 1 is 1.12 bits per heavy atom. The van der Waals surface area contributed by atoms with Gasteiger partial charge in [-0.05, 0) is 29.6 Å². The number of hydrogen-bond acceptors (Lipinski definition) is 7. The van der Waals surface area contributed by atoms with Crippen LogP contribution in [0.25, 0.3) is 0 Å². The first-order valence-electron chi connectivity index (χ1n) is 6.36. The summed E-state index contributed by atoms with van der Waals surface area (Å²) < 4.78 is 37.3. The number of sulfonamides is 1. The number of carbonyl (C=O) groups is 2. The van der Waals surface area contributed by atoms with E-state index in [0.717, 1.165) is 18.4 Å². The number of hydrogen-bond donors (Lipinski definition) is 1. The summed E-state index contributed by atoms with van der Waals surface area (Å²) in [6, 6.07) is 5.53. The lowest BCUT2D eigenvalue weighted by atomic mass is 10.2. The summed E-state index contributed by atoms with van der Waals surface area (Å²) in [6.07, 6.45) is 0. The van der Waals surface area contributed by atoms with E-state index in [0.29, 0.717) is 4.47 Å². The molecule has 0 saturated carbocycles. The predicted molar refractivity (Wildman–Crippen MR) is 91.9 cm³/mol. The van der Waals surface area contributed by atoms with E-state index in [1.165, 1.54) is 31.4 Å². The highest BCUT2D eigenvalue weighted by Crippen LogP contribution is 2.28. The average Bonchev–Trinajstić information content (AvgIpc) is 3.00. The van der Waals surface area contributed by atoms with Gasteiger partial charge in [0, 0.05) is 4.47 Å². The van der Waals surface area contributed by atoms with E-state index in [4.69, 9.17) is 0 Å². The summed E-state index contributed by atoms with van der Waals surface area (Å²) in [5.41, 5.74) is -0.0557. The summed E-state index contributed by atoms with van der Waals surface area (Å²) in [5.74, 6) is -1.46. The van der Waals surface area contributed by atoms with Crippen molar-refractivity contribution in [1.82, 2.24) is 0 Å². The van der Waals surface area contributed by atoms with Crippen LogP contribution >= 0.6 is 27.3 Å². The number of halogens is 1. The number of methoxy groups -OCH3 is 2. The molecule has 128 valence electrons. The molecule has 0 aliphatic heterocycles. The smallest absolute Gasteiger partial charge is 0.350 e. The first-order chi connectivity index (χ1) is 11.3. The minimum Gasteiger partial charge on any atom is -0.465 e. The van der Waals surface area contributed by atoms with Crippen LogP contribution in [0.2, 0.25) is 0 Å². The third-order valence-corrected chi connectivity index (χ3v) is 5.73. The quantitative estimate of drug-likeness (QED) is 0.727. The van der Waals surface area contributed by atoms with Crippen molar-refractivity contribution < 1.29 is 27.5 Å². The highest BCUT2D eigenvalue weighted by atomic mass is 79.9. The molecule has 1 heterocycles. The number of esters is 2. The van der Waals surface area contributed by atoms with E-state index >= 15 is 0 Å². The Hall–Kier alpha value is -1.91. The van der Waals surface area contributed by atoms with Gasteiger partial charge in [0.2, 0.25) is 0 Å². The molecule has 1 aromatic heterocycles. The molecule has 0 atom stereocenters. The number of rotatable bonds is 5. The van der Waals surface area contributed by atoms with Gasteiger partial charge in [-0.15, -0.1) is 11.3 Å². The molecule has 0 amide bonds. The van der Waals surface area contributed by atoms with E-state index in [9.17, 15) is 18.0 Å². The molecule has 0 fully saturated rings. The molecule has 0 spiro atoms. The van der Waals surface area contributed by atoms with Crippen molar-refractivity contribution in [3.8, 4) is 0 Å². The average molecular weight is 434 g/mol. The van der Waals surface area contributed by atoms with Crippen molar-refractivity contribution >= 4 is 54.9 Å². The lowest BCUT2D eigenvalue weighted by molar-refractivity contribution is 0.0591. The lowest BCUT2D eigenvalue weighted by Crippen LogP contribution is -2.18. The molecular formula is C14H12BrNO6S2. The van der Waals surface area contributed by atoms with E-state index in [2.05, 4.69) is 30.1 Å². The predicted octanol–water partition coefficient (Wildman–Crippen LogP) is 2.88. The fourth-order valence-electron chi connectivity index (χ4n) is 1.85. The molecule has 24 heavy (non-hydrogen) atoms. The molecule has 0 unspecified atom stereocenters. The SMILES string of the molecule is COC(=O)c1cc(Br)ccc1S(=O)(=O)Nc1ccsc1C(=O)OC. The van der Waals surface area contributed by atoms with Crippen LogP contribution < -0.4 is 4.72 Å². The summed E-state index contributed by atoms with van der Waals surface area (Å²) in [4.78, 5) is 23.4. The Morgan fingerprint density at radius 2 is 1.79 bits per heavy atom. The molecular weight excluding hydrogens is 422 g/mol. The standard InChI is InChI=1S/C14H12BrNO6S2/c1-21-13(17)9-7-8(15)3-4-11(9)24(19,20)16-10-5-6-23-12(10)14(18)22-2/h3-7,16H,1-2H3. The molecule has 1 N–H and O–H groups in total. The van der Waals surface area contributed by atoms with Gasteiger partial charge in [0.25, 0.3) is 10.0 Å². The Bertz CT molecular complexity index is 890. The van der Waals surface area contributed by atoms with Crippen LogP contribution in [-0.2, 0) is 19.5 Å². The lowest BCUT2D eigenvalue weighted by Gasteiger charge is -2.11. The number of carbonyl (C=O) groups excluding carboxylic acids is 2. The Labute approximate surface area is 150 Å². The van der Waals surface area contributed by atoms with Gasteiger partial charge < -0.3 is 9.47 Å². The Kier molecular flexibility index (Phi) is 5.62. The number of nitrogens with one attached hydrogen (secondary N) is 1. The van der Waals surface area contributed by atoms with Crippen molar-refractivity contribution in [2.24, 2.45) is 0 Å². The van der Waals surface area contributed by atoms with E-state index in [1.54, 1.807) is 5.38 Å². The van der Waals surface area contributed by atoms with Crippen molar-refractivity contribution in [3.05, 3.63) is 44.6 Å². The van der Waals surface area contributed by atoms with Crippen molar-refractivity contribution in [2.75, 3.05) is 18.9 Å². The zero-order valence-corrected chi connectivity index (χ0v) is 15.7. The minimum absolute atomic E-state index is 0.0746. The first kappa shape index (κ1) is 18.4. The summed E-state index contributed by atoms with van der Waals surface area (Å²) in [6.45, 7) is 0. The van der Waals surface area contributed by atoms with E-state index < -0.39 is 22.0 Å². The fraction of sp³-hybridized carbons (Fsp3) is 0.143. The van der Waals surface area contributed by atoms with Crippen LogP contribution in [0.1, 0.15) is 20.0 Å². The number of benzene rings is 1. The highest BCUT2D eigenvalue weighted by molar-refractivity contribution is 9.10. The zero-order valence-electron chi connectivity index (χ0n) is 12.5. The van der Waals surface area contributed by atoms with Crippen LogP contribution in [0.4, 0.5) is 5.69 Å². The molecule has 2 rings (SSSR count). The second-order valence-corrected chi connectivity index (χ2v) is 7.88. The van der Waals surface area contributed by atoms with Crippen molar-refractivity contribution in [1.29, 1.82) is 0 Å². The molecule has 0 aliphatic rings. The van der Waals surface area contributed by atoms with Crippen LogP contribution in [-0.4, -0.2) is 34.6 Å². The molecule has 0 radical (unpaired) electrons. The third-order valence-electron chi connectivity index (χ3n) is 2.92. The monoisotopic (exact) mass is 433 g/mol. The molecule has 10 heteroatoms. The Balaban J connectivity index is 2.48. The van der Waals surface area contributed by atoms with Gasteiger partial charge in [0.15, 0.2) is 0 Å². The topological polar surface area (TPSA) is 98.8 Å². The van der Waals surface area contributed by atoms with Gasteiger partial charge in [-0.3, -0.25) is 4.72 Å². The first-order valence-corrected chi connectivity index (χ1v) is 9.52. The summed E-state index contributed by atoms with van der Waals surface area (Å²) >= 11 is 4.21. The van der Waals surface area contributed by atoms with Crippen molar-refractivity contribution in [3.63, 3.8) is 0 Å². The molecule has 0 saturated heterocycles. The van der Waals surface area contributed by atoms with Gasteiger partial charge >= 0.3 is 11.9 Å².